The third-order valence-electron chi connectivity index (χ3n) is 3.18. The van der Waals surface area contributed by atoms with Crippen molar-refractivity contribution >= 4 is 25.3 Å². The maximum absolute atomic E-state index is 12.5. The van der Waals surface area contributed by atoms with Gasteiger partial charge in [-0.2, -0.15) is 0 Å². The van der Waals surface area contributed by atoms with Gasteiger partial charge >= 0.3 is 13.7 Å². The van der Waals surface area contributed by atoms with Crippen molar-refractivity contribution in [2.45, 2.75) is 20.0 Å². The number of pyridine rings is 1. The average molecular weight is 425 g/mol. The van der Waals surface area contributed by atoms with Gasteiger partial charge < -0.3 is 24.8 Å². The lowest BCUT2D eigenvalue weighted by molar-refractivity contribution is -0.115. The highest BCUT2D eigenvalue weighted by Gasteiger charge is 2.26. The van der Waals surface area contributed by atoms with Crippen molar-refractivity contribution in [1.29, 1.82) is 0 Å². The van der Waals surface area contributed by atoms with Gasteiger partial charge in [0.25, 0.3) is 0 Å². The number of carboxylic acid groups (broad SMARTS) is 1. The van der Waals surface area contributed by atoms with Crippen LogP contribution in [0.1, 0.15) is 19.7 Å². The van der Waals surface area contributed by atoms with Crippen molar-refractivity contribution in [1.82, 2.24) is 30.7 Å². The molecule has 0 fully saturated rings. The summed E-state index contributed by atoms with van der Waals surface area (Å²) < 4.78 is 22.8. The van der Waals surface area contributed by atoms with Crippen LogP contribution in [-0.2, 0) is 24.6 Å². The molecule has 156 valence electrons. The molecular formula is C15H20N7O6P. The zero-order valence-corrected chi connectivity index (χ0v) is 16.6. The maximum atomic E-state index is 12.5. The summed E-state index contributed by atoms with van der Waals surface area (Å²) >= 11 is 0. The number of anilines is 1. The van der Waals surface area contributed by atoms with Crippen LogP contribution in [0.3, 0.4) is 0 Å². The van der Waals surface area contributed by atoms with Crippen LogP contribution in [0, 0.1) is 0 Å². The molecule has 2 heterocycles. The Hall–Kier alpha value is -3.02. The Morgan fingerprint density at radius 3 is 2.28 bits per heavy atom. The van der Waals surface area contributed by atoms with E-state index in [0.29, 0.717) is 11.4 Å². The first-order valence-electron chi connectivity index (χ1n) is 8.52. The molecule has 2 aromatic rings. The summed E-state index contributed by atoms with van der Waals surface area (Å²) in [5.74, 6) is -0.311. The highest BCUT2D eigenvalue weighted by atomic mass is 31.2. The van der Waals surface area contributed by atoms with E-state index in [4.69, 9.17) is 14.2 Å². The summed E-state index contributed by atoms with van der Waals surface area (Å²) in [4.78, 5) is 26.0. The van der Waals surface area contributed by atoms with E-state index in [-0.39, 0.29) is 37.6 Å². The largest absolute Gasteiger partial charge is 0.465 e. The fraction of sp³-hybridized carbons (Fsp3) is 0.400. The molecule has 0 radical (unpaired) electrons. The van der Waals surface area contributed by atoms with Crippen molar-refractivity contribution in [3.8, 4) is 11.5 Å². The fourth-order valence-corrected chi connectivity index (χ4v) is 3.59. The quantitative estimate of drug-likeness (QED) is 0.467. The van der Waals surface area contributed by atoms with Crippen molar-refractivity contribution in [2.75, 3.05) is 25.1 Å². The second-order valence-electron chi connectivity index (χ2n) is 5.38. The second-order valence-corrected chi connectivity index (χ2v) is 7.44. The first kappa shape index (κ1) is 22.3. The number of nitrogens with zero attached hydrogens (tertiary/aromatic N) is 5. The van der Waals surface area contributed by atoms with E-state index in [1.54, 1.807) is 13.8 Å². The van der Waals surface area contributed by atoms with E-state index in [1.807, 2.05) is 5.32 Å². The number of rotatable bonds is 10. The number of hydrogen-bond donors (Lipinski definition) is 3. The minimum absolute atomic E-state index is 0.105. The average Bonchev–Trinajstić information content (AvgIpc) is 2.68. The van der Waals surface area contributed by atoms with Crippen LogP contribution in [0.5, 0.6) is 0 Å². The molecule has 0 saturated heterocycles. The summed E-state index contributed by atoms with van der Waals surface area (Å²) in [5.41, 5.74) is 0.703. The van der Waals surface area contributed by atoms with Gasteiger partial charge in [0.15, 0.2) is 5.82 Å². The predicted molar refractivity (Wildman–Crippen MR) is 100 cm³/mol. The molecule has 0 aliphatic carbocycles. The third-order valence-corrected chi connectivity index (χ3v) is 5.16. The summed E-state index contributed by atoms with van der Waals surface area (Å²) in [5, 5.41) is 28.5. The Labute approximate surface area is 165 Å². The second kappa shape index (κ2) is 10.5. The van der Waals surface area contributed by atoms with Gasteiger partial charge in [0.1, 0.15) is 18.4 Å². The Bertz CT molecular complexity index is 868. The molecule has 0 saturated carbocycles. The Morgan fingerprint density at radius 1 is 1.10 bits per heavy atom. The maximum Gasteiger partial charge on any atom is 0.405 e. The van der Waals surface area contributed by atoms with Crippen LogP contribution < -0.4 is 10.6 Å². The van der Waals surface area contributed by atoms with Crippen LogP contribution in [0.4, 0.5) is 10.5 Å². The third kappa shape index (κ3) is 7.14. The molecule has 0 aromatic carbocycles. The van der Waals surface area contributed by atoms with E-state index in [9.17, 15) is 14.2 Å². The van der Waals surface area contributed by atoms with Gasteiger partial charge in [-0.25, -0.2) is 4.79 Å². The summed E-state index contributed by atoms with van der Waals surface area (Å²) in [6, 6.07) is 3.07. The van der Waals surface area contributed by atoms with Crippen LogP contribution in [0.15, 0.2) is 18.3 Å². The van der Waals surface area contributed by atoms with E-state index < -0.39 is 19.6 Å². The first-order valence-corrected chi connectivity index (χ1v) is 10.3. The Kier molecular flexibility index (Phi) is 8.07. The van der Waals surface area contributed by atoms with Gasteiger partial charge in [-0.05, 0) is 26.0 Å². The number of nitrogens with one attached hydrogen (secondary N) is 2. The zero-order chi connectivity index (χ0) is 21.3. The molecule has 13 nitrogen and oxygen atoms in total. The summed E-state index contributed by atoms with van der Waals surface area (Å²) in [6.45, 7) is 3.45. The molecule has 2 rings (SSSR count). The van der Waals surface area contributed by atoms with Gasteiger partial charge in [0.2, 0.25) is 11.7 Å². The Morgan fingerprint density at radius 2 is 1.76 bits per heavy atom. The molecule has 2 aromatic heterocycles. The standard InChI is InChI=1S/C15H20N7O6P/c1-3-27-29(26,28-4-2)9-12-19-21-14(22-20-12)11-6-5-10(7-16-11)18-13(23)8-17-15(24)25/h5-7,17H,3-4,8-9H2,1-2H3,(H,18,23)(H,24,25). The van der Waals surface area contributed by atoms with Crippen molar-refractivity contribution < 1.29 is 28.3 Å². The van der Waals surface area contributed by atoms with E-state index in [1.165, 1.54) is 18.3 Å². The fourth-order valence-electron chi connectivity index (χ4n) is 2.07. The minimum Gasteiger partial charge on any atom is -0.465 e. The molecule has 0 atom stereocenters. The van der Waals surface area contributed by atoms with Gasteiger partial charge in [0.05, 0.1) is 25.1 Å². The molecule has 2 amide bonds. The molecule has 29 heavy (non-hydrogen) atoms. The smallest absolute Gasteiger partial charge is 0.405 e. The van der Waals surface area contributed by atoms with Gasteiger partial charge in [0, 0.05) is 0 Å². The monoisotopic (exact) mass is 425 g/mol. The van der Waals surface area contributed by atoms with E-state index in [0.717, 1.165) is 0 Å². The van der Waals surface area contributed by atoms with E-state index >= 15 is 0 Å². The molecule has 0 unspecified atom stereocenters. The highest BCUT2D eigenvalue weighted by Crippen LogP contribution is 2.50. The number of amides is 2. The van der Waals surface area contributed by atoms with Crippen molar-refractivity contribution in [3.63, 3.8) is 0 Å². The van der Waals surface area contributed by atoms with Crippen molar-refractivity contribution in [2.24, 2.45) is 0 Å². The topological polar surface area (TPSA) is 178 Å². The lowest BCUT2D eigenvalue weighted by Crippen LogP contribution is -2.31. The number of aromatic nitrogens is 5. The molecule has 0 aliphatic heterocycles. The van der Waals surface area contributed by atoms with Gasteiger partial charge in [-0.1, -0.05) is 0 Å². The minimum atomic E-state index is -3.36. The number of carbonyl (C=O) groups excluding carboxylic acids is 1. The SMILES string of the molecule is CCOP(=O)(Cc1nnc(-c2ccc(NC(=O)CNC(=O)O)cn2)nn1)OCC. The predicted octanol–water partition coefficient (Wildman–Crippen LogP) is 1.30. The van der Waals surface area contributed by atoms with Crippen LogP contribution in [-0.4, -0.2) is 62.2 Å². The lowest BCUT2D eigenvalue weighted by Gasteiger charge is -2.15. The number of hydrogen-bond acceptors (Lipinski definition) is 10. The highest BCUT2D eigenvalue weighted by molar-refractivity contribution is 7.53. The normalized spacial score (nSPS) is 11.1. The van der Waals surface area contributed by atoms with Crippen LogP contribution >= 0.6 is 7.60 Å². The van der Waals surface area contributed by atoms with E-state index in [2.05, 4.69) is 30.7 Å². The molecule has 0 bridgehead atoms. The summed E-state index contributed by atoms with van der Waals surface area (Å²) in [7, 11) is -3.36. The molecular weight excluding hydrogens is 405 g/mol. The lowest BCUT2D eigenvalue weighted by atomic mass is 10.3. The van der Waals surface area contributed by atoms with Gasteiger partial charge in [-0.3, -0.25) is 14.3 Å². The van der Waals surface area contributed by atoms with Crippen LogP contribution in [0.2, 0.25) is 0 Å². The molecule has 3 N–H and O–H groups in total. The van der Waals surface area contributed by atoms with Gasteiger partial charge in [-0.15, -0.1) is 20.4 Å². The molecule has 0 aliphatic rings. The molecule has 14 heteroatoms. The van der Waals surface area contributed by atoms with Crippen molar-refractivity contribution in [3.05, 3.63) is 24.2 Å². The number of carbonyl (C=O) groups is 2. The Balaban J connectivity index is 2.01. The molecule has 0 spiro atoms. The summed E-state index contributed by atoms with van der Waals surface area (Å²) in [6.07, 6.45) is -0.102. The first-order chi connectivity index (χ1) is 13.8. The van der Waals surface area contributed by atoms with Crippen LogP contribution in [0.25, 0.3) is 11.5 Å². The zero-order valence-electron chi connectivity index (χ0n) is 15.7.